The van der Waals surface area contributed by atoms with Crippen LogP contribution in [0.3, 0.4) is 0 Å². The van der Waals surface area contributed by atoms with Gasteiger partial charge >= 0.3 is 0 Å². The second-order valence-electron chi connectivity index (χ2n) is 8.27. The van der Waals surface area contributed by atoms with E-state index in [0.717, 1.165) is 48.0 Å². The second kappa shape index (κ2) is 8.94. The molecular formula is C23H27ClN6S. The van der Waals surface area contributed by atoms with Crippen molar-refractivity contribution in [3.63, 3.8) is 0 Å². The summed E-state index contributed by atoms with van der Waals surface area (Å²) in [6.07, 6.45) is 3.61. The highest BCUT2D eigenvalue weighted by molar-refractivity contribution is 7.99. The molecule has 2 aromatic carbocycles. The molecule has 162 valence electrons. The number of hydrogen-bond donors (Lipinski definition) is 3. The molecule has 0 atom stereocenters. The first-order valence-electron chi connectivity index (χ1n) is 10.3. The van der Waals surface area contributed by atoms with Crippen LogP contribution < -0.4 is 21.7 Å². The normalized spacial score (nSPS) is 15.7. The van der Waals surface area contributed by atoms with E-state index in [0.29, 0.717) is 15.9 Å². The molecule has 1 aromatic heterocycles. The highest BCUT2D eigenvalue weighted by Crippen LogP contribution is 2.39. The van der Waals surface area contributed by atoms with E-state index in [2.05, 4.69) is 46.2 Å². The molecule has 4 rings (SSSR count). The molecule has 1 aliphatic heterocycles. The summed E-state index contributed by atoms with van der Waals surface area (Å²) in [5.74, 6) is 1.19. The van der Waals surface area contributed by atoms with E-state index in [1.54, 1.807) is 6.20 Å². The maximum Gasteiger partial charge on any atom is 0.158 e. The number of rotatable bonds is 5. The number of nitrogens with one attached hydrogen (secondary N) is 1. The minimum absolute atomic E-state index is 0.111. The number of piperidine rings is 1. The minimum Gasteiger partial charge on any atom is -0.381 e. The zero-order valence-corrected chi connectivity index (χ0v) is 19.3. The maximum atomic E-state index is 6.68. The summed E-state index contributed by atoms with van der Waals surface area (Å²) < 4.78 is 0. The van der Waals surface area contributed by atoms with Gasteiger partial charge in [0.05, 0.1) is 16.9 Å². The van der Waals surface area contributed by atoms with Gasteiger partial charge in [-0.25, -0.2) is 9.97 Å². The number of nitrogens with two attached hydrogens (primary N) is 2. The van der Waals surface area contributed by atoms with Gasteiger partial charge in [-0.3, -0.25) is 0 Å². The Labute approximate surface area is 192 Å². The molecule has 0 radical (unpaired) electrons. The van der Waals surface area contributed by atoms with Crippen LogP contribution in [-0.2, 0) is 0 Å². The highest BCUT2D eigenvalue weighted by Gasteiger charge is 2.27. The van der Waals surface area contributed by atoms with Crippen molar-refractivity contribution in [2.24, 2.45) is 5.73 Å². The quantitative estimate of drug-likeness (QED) is 0.485. The molecule has 5 N–H and O–H groups in total. The lowest BCUT2D eigenvalue weighted by atomic mass is 9.91. The molecule has 31 heavy (non-hydrogen) atoms. The van der Waals surface area contributed by atoms with Crippen LogP contribution >= 0.6 is 23.4 Å². The monoisotopic (exact) mass is 454 g/mol. The first kappa shape index (κ1) is 21.7. The van der Waals surface area contributed by atoms with Gasteiger partial charge in [0.25, 0.3) is 0 Å². The lowest BCUT2D eigenvalue weighted by Crippen LogP contribution is -2.48. The van der Waals surface area contributed by atoms with Gasteiger partial charge in [0, 0.05) is 29.2 Å². The molecule has 0 aliphatic carbocycles. The van der Waals surface area contributed by atoms with E-state index in [4.69, 9.17) is 23.1 Å². The standard InChI is InChI=1S/C23H27ClN6S/c1-15-6-8-16(9-7-15)28-17-4-3-5-18(20(17)24)31-22-21(25)29-19(14-27-22)30-12-10-23(2,26)11-13-30/h3-9,14,28H,10-13,26H2,1-2H3,(H2,25,29). The molecule has 6 nitrogen and oxygen atoms in total. The van der Waals surface area contributed by atoms with Crippen molar-refractivity contribution >= 4 is 46.4 Å². The van der Waals surface area contributed by atoms with E-state index < -0.39 is 0 Å². The molecule has 0 unspecified atom stereocenters. The van der Waals surface area contributed by atoms with Gasteiger partial charge in [-0.2, -0.15) is 0 Å². The van der Waals surface area contributed by atoms with Crippen molar-refractivity contribution < 1.29 is 0 Å². The maximum absolute atomic E-state index is 6.68. The van der Waals surface area contributed by atoms with Crippen LogP contribution in [0.4, 0.5) is 23.0 Å². The average Bonchev–Trinajstić information content (AvgIpc) is 2.74. The third-order valence-corrected chi connectivity index (χ3v) is 7.07. The molecular weight excluding hydrogens is 428 g/mol. The number of nitrogens with zero attached hydrogens (tertiary/aromatic N) is 3. The average molecular weight is 455 g/mol. The fourth-order valence-electron chi connectivity index (χ4n) is 3.44. The molecule has 8 heteroatoms. The van der Waals surface area contributed by atoms with Crippen molar-refractivity contribution in [2.45, 2.75) is 42.1 Å². The molecule has 0 amide bonds. The molecule has 0 bridgehead atoms. The smallest absolute Gasteiger partial charge is 0.158 e. The van der Waals surface area contributed by atoms with Gasteiger partial charge in [-0.15, -0.1) is 0 Å². The van der Waals surface area contributed by atoms with Crippen molar-refractivity contribution in [1.82, 2.24) is 9.97 Å². The first-order valence-corrected chi connectivity index (χ1v) is 11.5. The third kappa shape index (κ3) is 5.23. The Balaban J connectivity index is 1.49. The summed E-state index contributed by atoms with van der Waals surface area (Å²) in [6, 6.07) is 14.0. The zero-order chi connectivity index (χ0) is 22.0. The Bertz CT molecular complexity index is 1060. The van der Waals surface area contributed by atoms with E-state index >= 15 is 0 Å². The van der Waals surface area contributed by atoms with Crippen LogP contribution in [-0.4, -0.2) is 28.6 Å². The van der Waals surface area contributed by atoms with E-state index in [9.17, 15) is 0 Å². The summed E-state index contributed by atoms with van der Waals surface area (Å²) in [4.78, 5) is 12.2. The van der Waals surface area contributed by atoms with Crippen molar-refractivity contribution in [3.8, 4) is 0 Å². The van der Waals surface area contributed by atoms with E-state index in [1.165, 1.54) is 17.3 Å². The van der Waals surface area contributed by atoms with Gasteiger partial charge < -0.3 is 21.7 Å². The Hall–Kier alpha value is -2.48. The van der Waals surface area contributed by atoms with Crippen LogP contribution in [0.1, 0.15) is 25.3 Å². The summed E-state index contributed by atoms with van der Waals surface area (Å²) in [7, 11) is 0. The van der Waals surface area contributed by atoms with Gasteiger partial charge in [0.1, 0.15) is 10.8 Å². The van der Waals surface area contributed by atoms with E-state index in [-0.39, 0.29) is 5.54 Å². The van der Waals surface area contributed by atoms with Gasteiger partial charge in [0.15, 0.2) is 5.82 Å². The van der Waals surface area contributed by atoms with Crippen molar-refractivity contribution in [1.29, 1.82) is 0 Å². The predicted octanol–water partition coefficient (Wildman–Crippen LogP) is 5.23. The van der Waals surface area contributed by atoms with Gasteiger partial charge in [-0.05, 0) is 51.0 Å². The van der Waals surface area contributed by atoms with Crippen molar-refractivity contribution in [2.75, 3.05) is 29.0 Å². The number of halogens is 1. The number of aryl methyl sites for hydroxylation is 1. The molecule has 0 saturated carbocycles. The summed E-state index contributed by atoms with van der Waals surface area (Å²) in [6.45, 7) is 5.86. The number of benzene rings is 2. The van der Waals surface area contributed by atoms with Crippen LogP contribution in [0.2, 0.25) is 5.02 Å². The fraction of sp³-hybridized carbons (Fsp3) is 0.304. The van der Waals surface area contributed by atoms with E-state index in [1.807, 2.05) is 30.3 Å². The Kier molecular flexibility index (Phi) is 6.27. The van der Waals surface area contributed by atoms with Crippen LogP contribution in [0.5, 0.6) is 0 Å². The molecule has 0 spiro atoms. The lowest BCUT2D eigenvalue weighted by Gasteiger charge is -2.37. The summed E-state index contributed by atoms with van der Waals surface area (Å²) >= 11 is 8.09. The van der Waals surface area contributed by atoms with Crippen LogP contribution in [0, 0.1) is 6.92 Å². The lowest BCUT2D eigenvalue weighted by molar-refractivity contribution is 0.363. The van der Waals surface area contributed by atoms with Gasteiger partial charge in [-0.1, -0.05) is 47.1 Å². The van der Waals surface area contributed by atoms with Crippen LogP contribution in [0.15, 0.2) is 58.6 Å². The van der Waals surface area contributed by atoms with Gasteiger partial charge in [0.2, 0.25) is 0 Å². The molecule has 1 saturated heterocycles. The molecule has 1 fully saturated rings. The fourth-order valence-corrected chi connectivity index (χ4v) is 4.54. The Morgan fingerprint density at radius 2 is 1.84 bits per heavy atom. The molecule has 2 heterocycles. The number of hydrogen-bond acceptors (Lipinski definition) is 7. The topological polar surface area (TPSA) is 93.1 Å². The predicted molar refractivity (Wildman–Crippen MR) is 131 cm³/mol. The minimum atomic E-state index is -0.111. The molecule has 1 aliphatic rings. The zero-order valence-electron chi connectivity index (χ0n) is 17.7. The SMILES string of the molecule is Cc1ccc(Nc2cccc(Sc3ncc(N4CCC(C)(N)CC4)nc3N)c2Cl)cc1. The highest BCUT2D eigenvalue weighted by atomic mass is 35.5. The van der Waals surface area contributed by atoms with Crippen molar-refractivity contribution in [3.05, 3.63) is 59.2 Å². The number of anilines is 4. The summed E-state index contributed by atoms with van der Waals surface area (Å²) in [5, 5.41) is 4.63. The Morgan fingerprint density at radius 3 is 2.52 bits per heavy atom. The first-order chi connectivity index (χ1) is 14.8. The van der Waals surface area contributed by atoms with Crippen LogP contribution in [0.25, 0.3) is 0 Å². The Morgan fingerprint density at radius 1 is 1.13 bits per heavy atom. The number of aromatic nitrogens is 2. The third-order valence-electron chi connectivity index (χ3n) is 5.48. The number of nitrogen functional groups attached to an aromatic ring is 1. The molecule has 3 aromatic rings. The largest absolute Gasteiger partial charge is 0.381 e. The summed E-state index contributed by atoms with van der Waals surface area (Å²) in [5.41, 5.74) is 15.4. The second-order valence-corrected chi connectivity index (χ2v) is 9.68.